The lowest BCUT2D eigenvalue weighted by molar-refractivity contribution is -0.0292. The van der Waals surface area contributed by atoms with Crippen LogP contribution in [0.15, 0.2) is 24.3 Å². The van der Waals surface area contributed by atoms with Gasteiger partial charge < -0.3 is 10.1 Å². The van der Waals surface area contributed by atoms with Gasteiger partial charge in [-0.25, -0.2) is 0 Å². The van der Waals surface area contributed by atoms with Crippen LogP contribution in [0.4, 0.5) is 0 Å². The first-order chi connectivity index (χ1) is 9.36. The average molecular weight is 260 g/mol. The highest BCUT2D eigenvalue weighted by molar-refractivity contribution is 5.33. The van der Waals surface area contributed by atoms with Crippen LogP contribution in [-0.4, -0.2) is 44.3 Å². The van der Waals surface area contributed by atoms with E-state index in [1.165, 1.54) is 18.4 Å². The highest BCUT2D eigenvalue weighted by atomic mass is 16.5. The van der Waals surface area contributed by atoms with Crippen molar-refractivity contribution in [3.63, 3.8) is 0 Å². The smallest absolute Gasteiger partial charge is 0.0826 e. The van der Waals surface area contributed by atoms with E-state index in [0.29, 0.717) is 6.10 Å². The minimum Gasteiger partial charge on any atom is -0.374 e. The summed E-state index contributed by atoms with van der Waals surface area (Å²) >= 11 is 0. The maximum Gasteiger partial charge on any atom is 0.0826 e. The Balaban J connectivity index is 1.64. The summed E-state index contributed by atoms with van der Waals surface area (Å²) in [5, 5.41) is 3.21. The van der Waals surface area contributed by atoms with Crippen LogP contribution in [0.2, 0.25) is 0 Å². The predicted molar refractivity (Wildman–Crippen MR) is 77.4 cm³/mol. The Bertz CT molecular complexity index is 415. The molecule has 1 saturated carbocycles. The average Bonchev–Trinajstić information content (AvgIpc) is 3.25. The van der Waals surface area contributed by atoms with Gasteiger partial charge in [0.1, 0.15) is 0 Å². The van der Waals surface area contributed by atoms with E-state index in [1.807, 2.05) is 7.05 Å². The third-order valence-corrected chi connectivity index (χ3v) is 4.12. The summed E-state index contributed by atoms with van der Waals surface area (Å²) in [6.07, 6.45) is 3.09. The van der Waals surface area contributed by atoms with Crippen LogP contribution in [0.5, 0.6) is 0 Å². The van der Waals surface area contributed by atoms with Gasteiger partial charge >= 0.3 is 0 Å². The second-order valence-corrected chi connectivity index (χ2v) is 5.76. The highest BCUT2D eigenvalue weighted by Crippen LogP contribution is 2.41. The molecule has 1 aromatic rings. The quantitative estimate of drug-likeness (QED) is 0.876. The monoisotopic (exact) mass is 260 g/mol. The molecule has 104 valence electrons. The van der Waals surface area contributed by atoms with E-state index in [1.54, 1.807) is 5.56 Å². The first-order valence-electron chi connectivity index (χ1n) is 7.43. The van der Waals surface area contributed by atoms with E-state index in [0.717, 1.165) is 38.7 Å². The molecule has 1 N–H and O–H groups in total. The first-order valence-corrected chi connectivity index (χ1v) is 7.43. The summed E-state index contributed by atoms with van der Waals surface area (Å²) < 4.78 is 5.77. The van der Waals surface area contributed by atoms with Gasteiger partial charge in [0, 0.05) is 26.2 Å². The molecular formula is C16H24N2O. The number of morpholine rings is 1. The van der Waals surface area contributed by atoms with Crippen molar-refractivity contribution in [3.05, 3.63) is 35.4 Å². The molecule has 0 bridgehead atoms. The molecule has 3 rings (SSSR count). The zero-order valence-corrected chi connectivity index (χ0v) is 11.8. The van der Waals surface area contributed by atoms with E-state index < -0.39 is 0 Å². The van der Waals surface area contributed by atoms with Gasteiger partial charge in [0.2, 0.25) is 0 Å². The lowest BCUT2D eigenvalue weighted by atomic mass is 10.0. The van der Waals surface area contributed by atoms with Crippen molar-refractivity contribution in [3.8, 4) is 0 Å². The Morgan fingerprint density at radius 1 is 1.32 bits per heavy atom. The van der Waals surface area contributed by atoms with E-state index in [9.17, 15) is 0 Å². The molecule has 0 aromatic heterocycles. The Hall–Kier alpha value is -0.900. The molecule has 0 spiro atoms. The molecule has 0 amide bonds. The molecule has 1 unspecified atom stereocenters. The number of rotatable bonds is 5. The third kappa shape index (κ3) is 3.35. The van der Waals surface area contributed by atoms with Crippen molar-refractivity contribution in [2.45, 2.75) is 31.4 Å². The van der Waals surface area contributed by atoms with Gasteiger partial charge in [0.25, 0.3) is 0 Å². The minimum atomic E-state index is 0.340. The summed E-state index contributed by atoms with van der Waals surface area (Å²) in [4.78, 5) is 2.53. The summed E-state index contributed by atoms with van der Waals surface area (Å²) in [6, 6.07) is 8.97. The van der Waals surface area contributed by atoms with Crippen molar-refractivity contribution in [1.82, 2.24) is 10.2 Å². The molecular weight excluding hydrogens is 236 g/mol. The Morgan fingerprint density at radius 2 is 2.16 bits per heavy atom. The van der Waals surface area contributed by atoms with Gasteiger partial charge in [-0.1, -0.05) is 24.3 Å². The van der Waals surface area contributed by atoms with Crippen molar-refractivity contribution in [1.29, 1.82) is 0 Å². The molecule has 1 saturated heterocycles. The van der Waals surface area contributed by atoms with Crippen LogP contribution in [-0.2, 0) is 11.3 Å². The van der Waals surface area contributed by atoms with Crippen LogP contribution in [0.25, 0.3) is 0 Å². The molecule has 3 heteroatoms. The largest absolute Gasteiger partial charge is 0.374 e. The van der Waals surface area contributed by atoms with Gasteiger partial charge in [-0.05, 0) is 36.9 Å². The minimum absolute atomic E-state index is 0.340. The standard InChI is InChI=1S/C16H24N2O/c1-17-10-15-12-18(8-9-19-15)11-14-4-2-3-5-16(14)13-6-7-13/h2-5,13,15,17H,6-12H2,1H3. The molecule has 1 atom stereocenters. The predicted octanol–water partition coefficient (Wildman–Crippen LogP) is 1.98. The van der Waals surface area contributed by atoms with E-state index in [4.69, 9.17) is 4.74 Å². The molecule has 3 nitrogen and oxygen atoms in total. The van der Waals surface area contributed by atoms with Gasteiger partial charge in [-0.15, -0.1) is 0 Å². The topological polar surface area (TPSA) is 24.5 Å². The van der Waals surface area contributed by atoms with Crippen LogP contribution in [0.1, 0.15) is 29.9 Å². The van der Waals surface area contributed by atoms with E-state index >= 15 is 0 Å². The normalized spacial score (nSPS) is 24.6. The summed E-state index contributed by atoms with van der Waals surface area (Å²) in [5.74, 6) is 0.838. The number of nitrogens with one attached hydrogen (secondary N) is 1. The Labute approximate surface area is 115 Å². The second-order valence-electron chi connectivity index (χ2n) is 5.76. The molecule has 0 radical (unpaired) electrons. The Morgan fingerprint density at radius 3 is 2.95 bits per heavy atom. The van der Waals surface area contributed by atoms with Crippen LogP contribution in [0.3, 0.4) is 0 Å². The fourth-order valence-electron chi connectivity index (χ4n) is 2.99. The molecule has 1 heterocycles. The lowest BCUT2D eigenvalue weighted by Crippen LogP contribution is -2.45. The van der Waals surface area contributed by atoms with Crippen LogP contribution >= 0.6 is 0 Å². The number of ether oxygens (including phenoxy) is 1. The SMILES string of the molecule is CNCC1CN(Cc2ccccc2C2CC2)CCO1. The summed E-state index contributed by atoms with van der Waals surface area (Å²) in [6.45, 7) is 4.98. The number of likely N-dealkylation sites (N-methyl/N-ethyl adjacent to an activating group) is 1. The lowest BCUT2D eigenvalue weighted by Gasteiger charge is -2.33. The maximum absolute atomic E-state index is 5.77. The van der Waals surface area contributed by atoms with Gasteiger partial charge in [0.05, 0.1) is 12.7 Å². The van der Waals surface area contributed by atoms with Crippen molar-refractivity contribution >= 4 is 0 Å². The van der Waals surface area contributed by atoms with Gasteiger partial charge in [-0.3, -0.25) is 4.90 Å². The summed E-state index contributed by atoms with van der Waals surface area (Å²) in [7, 11) is 1.99. The fraction of sp³-hybridized carbons (Fsp3) is 0.625. The molecule has 1 aliphatic carbocycles. The van der Waals surface area contributed by atoms with E-state index in [2.05, 4.69) is 34.5 Å². The van der Waals surface area contributed by atoms with Crippen molar-refractivity contribution < 1.29 is 4.74 Å². The number of hydrogen-bond donors (Lipinski definition) is 1. The zero-order chi connectivity index (χ0) is 13.1. The molecule has 2 aliphatic rings. The molecule has 1 aliphatic heterocycles. The fourth-order valence-corrected chi connectivity index (χ4v) is 2.99. The van der Waals surface area contributed by atoms with Crippen molar-refractivity contribution in [2.75, 3.05) is 33.3 Å². The molecule has 1 aromatic carbocycles. The third-order valence-electron chi connectivity index (χ3n) is 4.12. The second kappa shape index (κ2) is 6.04. The first kappa shape index (κ1) is 13.1. The number of nitrogens with zero attached hydrogens (tertiary/aromatic N) is 1. The van der Waals surface area contributed by atoms with Crippen LogP contribution in [0, 0.1) is 0 Å². The Kier molecular flexibility index (Phi) is 4.16. The highest BCUT2D eigenvalue weighted by Gasteiger charge is 2.27. The van der Waals surface area contributed by atoms with Gasteiger partial charge in [-0.2, -0.15) is 0 Å². The molecule has 2 fully saturated rings. The molecule has 19 heavy (non-hydrogen) atoms. The number of benzene rings is 1. The maximum atomic E-state index is 5.77. The number of hydrogen-bond acceptors (Lipinski definition) is 3. The zero-order valence-electron chi connectivity index (χ0n) is 11.8. The summed E-state index contributed by atoms with van der Waals surface area (Å²) in [5.41, 5.74) is 3.11. The van der Waals surface area contributed by atoms with E-state index in [-0.39, 0.29) is 0 Å². The van der Waals surface area contributed by atoms with Crippen LogP contribution < -0.4 is 5.32 Å². The van der Waals surface area contributed by atoms with Crippen molar-refractivity contribution in [2.24, 2.45) is 0 Å². The van der Waals surface area contributed by atoms with Gasteiger partial charge in [0.15, 0.2) is 0 Å².